The lowest BCUT2D eigenvalue weighted by Crippen LogP contribution is -2.33. The summed E-state index contributed by atoms with van der Waals surface area (Å²) in [5.41, 5.74) is 0.805. The zero-order chi connectivity index (χ0) is 19.6. The average molecular weight is 433 g/mol. The number of aliphatic hydroxyl groups is 1. The summed E-state index contributed by atoms with van der Waals surface area (Å²) < 4.78 is 6.04. The highest BCUT2D eigenvalue weighted by Gasteiger charge is 2.44. The van der Waals surface area contributed by atoms with Gasteiger partial charge in [0.2, 0.25) is 5.78 Å². The van der Waals surface area contributed by atoms with Crippen molar-refractivity contribution in [3.8, 4) is 0 Å². The molecule has 1 N–H and O–H groups in total. The lowest BCUT2D eigenvalue weighted by Gasteiger charge is -2.27. The molecule has 0 saturated carbocycles. The van der Waals surface area contributed by atoms with Gasteiger partial charge in [-0.15, -0.1) is 0 Å². The third-order valence-corrected chi connectivity index (χ3v) is 4.96. The van der Waals surface area contributed by atoms with Gasteiger partial charge in [0, 0.05) is 11.0 Å². The minimum atomic E-state index is -0.658. The summed E-state index contributed by atoms with van der Waals surface area (Å²) in [6.45, 7) is 1.21. The van der Waals surface area contributed by atoms with E-state index in [0.717, 1.165) is 23.0 Å². The van der Waals surface area contributed by atoms with E-state index in [1.54, 1.807) is 11.0 Å². The van der Waals surface area contributed by atoms with Crippen LogP contribution in [-0.2, 0) is 4.79 Å². The van der Waals surface area contributed by atoms with Gasteiger partial charge < -0.3 is 19.3 Å². The molecule has 1 aromatic heterocycles. The summed E-state index contributed by atoms with van der Waals surface area (Å²) in [6, 6.07) is 9.88. The molecule has 1 aliphatic heterocycles. The molecule has 3 rings (SSSR count). The van der Waals surface area contributed by atoms with Gasteiger partial charge in [0.1, 0.15) is 0 Å². The Kier molecular flexibility index (Phi) is 5.82. The molecule has 0 aliphatic carbocycles. The highest BCUT2D eigenvalue weighted by molar-refractivity contribution is 9.10. The van der Waals surface area contributed by atoms with Crippen molar-refractivity contribution in [2.24, 2.45) is 0 Å². The number of carbonyl (C=O) groups is 2. The molecule has 1 aromatic carbocycles. The number of amides is 1. The van der Waals surface area contributed by atoms with Crippen molar-refractivity contribution < 1.29 is 19.1 Å². The number of aliphatic hydroxyl groups excluding tert-OH is 1. The van der Waals surface area contributed by atoms with Gasteiger partial charge in [0.05, 0.1) is 17.9 Å². The van der Waals surface area contributed by atoms with Crippen LogP contribution in [0.2, 0.25) is 0 Å². The smallest absolute Gasteiger partial charge is 0.290 e. The van der Waals surface area contributed by atoms with E-state index in [1.165, 1.54) is 12.3 Å². The highest BCUT2D eigenvalue weighted by Crippen LogP contribution is 2.39. The molecule has 0 fully saturated rings. The number of furan rings is 1. The number of nitrogens with zero attached hydrogens (tertiary/aromatic N) is 2. The number of Topliss-reactive ketones (excluding diaryl/α,β-unsaturated/α-hetero) is 1. The summed E-state index contributed by atoms with van der Waals surface area (Å²) >= 11 is 3.43. The Balaban J connectivity index is 2.00. The molecule has 0 unspecified atom stereocenters. The molecular weight excluding hydrogens is 412 g/mol. The molecular formula is C20H21BrN2O4. The van der Waals surface area contributed by atoms with E-state index < -0.39 is 23.5 Å². The minimum absolute atomic E-state index is 0.0536. The van der Waals surface area contributed by atoms with Crippen molar-refractivity contribution >= 4 is 27.6 Å². The molecule has 0 saturated heterocycles. The fraction of sp³-hybridized carbons (Fsp3) is 0.300. The number of halogens is 1. The standard InChI is InChI=1S/C20H21BrN2O4/c1-22(2)9-5-10-23-17(13-6-3-7-14(21)12-13)16(19(25)20(23)26)18(24)15-8-4-11-27-15/h3-4,6-8,11-12,17,25H,5,9-10H2,1-2H3/t17-/m0/s1. The van der Waals surface area contributed by atoms with Gasteiger partial charge in [0.15, 0.2) is 11.5 Å². The van der Waals surface area contributed by atoms with Gasteiger partial charge in [-0.2, -0.15) is 0 Å². The SMILES string of the molecule is CN(C)CCCN1C(=O)C(O)=C(C(=O)c2ccco2)[C@@H]1c1cccc(Br)c1. The zero-order valence-electron chi connectivity index (χ0n) is 15.2. The second kappa shape index (κ2) is 8.10. The number of benzene rings is 1. The first-order valence-electron chi connectivity index (χ1n) is 8.62. The molecule has 1 aliphatic rings. The molecule has 7 heteroatoms. The van der Waals surface area contributed by atoms with Crippen LogP contribution >= 0.6 is 15.9 Å². The maximum atomic E-state index is 12.9. The van der Waals surface area contributed by atoms with Crippen molar-refractivity contribution in [1.82, 2.24) is 9.80 Å². The molecule has 0 spiro atoms. The third-order valence-electron chi connectivity index (χ3n) is 4.46. The van der Waals surface area contributed by atoms with Crippen LogP contribution in [0.25, 0.3) is 0 Å². The molecule has 27 heavy (non-hydrogen) atoms. The Bertz CT molecular complexity index is 874. The lowest BCUT2D eigenvalue weighted by molar-refractivity contribution is -0.129. The van der Waals surface area contributed by atoms with Gasteiger partial charge in [-0.25, -0.2) is 0 Å². The number of hydrogen-bond donors (Lipinski definition) is 1. The number of carbonyl (C=O) groups excluding carboxylic acids is 2. The van der Waals surface area contributed by atoms with E-state index in [9.17, 15) is 14.7 Å². The molecule has 1 atom stereocenters. The average Bonchev–Trinajstić information content (AvgIpc) is 3.24. The number of rotatable bonds is 7. The Morgan fingerprint density at radius 2 is 2.07 bits per heavy atom. The van der Waals surface area contributed by atoms with Crippen molar-refractivity contribution in [2.75, 3.05) is 27.2 Å². The number of ketones is 1. The van der Waals surface area contributed by atoms with Gasteiger partial charge >= 0.3 is 0 Å². The molecule has 0 radical (unpaired) electrons. The molecule has 2 heterocycles. The van der Waals surface area contributed by atoms with Crippen LogP contribution in [0.3, 0.4) is 0 Å². The Morgan fingerprint density at radius 1 is 1.30 bits per heavy atom. The van der Waals surface area contributed by atoms with Crippen LogP contribution in [0.4, 0.5) is 0 Å². The van der Waals surface area contributed by atoms with Crippen LogP contribution in [0.5, 0.6) is 0 Å². The Morgan fingerprint density at radius 3 is 2.70 bits per heavy atom. The van der Waals surface area contributed by atoms with Crippen LogP contribution in [0.15, 0.2) is 62.9 Å². The van der Waals surface area contributed by atoms with E-state index in [-0.39, 0.29) is 11.3 Å². The highest BCUT2D eigenvalue weighted by atomic mass is 79.9. The van der Waals surface area contributed by atoms with Crippen molar-refractivity contribution in [2.45, 2.75) is 12.5 Å². The fourth-order valence-corrected chi connectivity index (χ4v) is 3.65. The van der Waals surface area contributed by atoms with Gasteiger partial charge in [-0.3, -0.25) is 9.59 Å². The molecule has 142 valence electrons. The largest absolute Gasteiger partial charge is 0.503 e. The zero-order valence-corrected chi connectivity index (χ0v) is 16.8. The van der Waals surface area contributed by atoms with E-state index in [2.05, 4.69) is 15.9 Å². The predicted octanol–water partition coefficient (Wildman–Crippen LogP) is 3.57. The first-order chi connectivity index (χ1) is 12.9. The van der Waals surface area contributed by atoms with Crippen LogP contribution in [-0.4, -0.2) is 53.8 Å². The van der Waals surface area contributed by atoms with E-state index in [0.29, 0.717) is 6.54 Å². The molecule has 2 aromatic rings. The second-order valence-electron chi connectivity index (χ2n) is 6.68. The van der Waals surface area contributed by atoms with Crippen LogP contribution in [0.1, 0.15) is 28.6 Å². The van der Waals surface area contributed by atoms with Gasteiger partial charge in [0.25, 0.3) is 5.91 Å². The summed E-state index contributed by atoms with van der Waals surface area (Å²) in [4.78, 5) is 29.3. The fourth-order valence-electron chi connectivity index (χ4n) is 3.24. The van der Waals surface area contributed by atoms with E-state index in [1.807, 2.05) is 43.3 Å². The van der Waals surface area contributed by atoms with E-state index in [4.69, 9.17) is 4.42 Å². The second-order valence-corrected chi connectivity index (χ2v) is 7.60. The first kappa shape index (κ1) is 19.4. The quantitative estimate of drug-likeness (QED) is 0.676. The van der Waals surface area contributed by atoms with Crippen LogP contribution < -0.4 is 0 Å². The summed E-state index contributed by atoms with van der Waals surface area (Å²) in [5, 5.41) is 10.5. The molecule has 0 bridgehead atoms. The molecule has 1 amide bonds. The number of hydrogen-bond acceptors (Lipinski definition) is 5. The maximum absolute atomic E-state index is 12.9. The van der Waals surface area contributed by atoms with Crippen molar-refractivity contribution in [3.05, 3.63) is 69.8 Å². The summed E-state index contributed by atoms with van der Waals surface area (Å²) in [5.74, 6) is -1.43. The molecule has 6 nitrogen and oxygen atoms in total. The maximum Gasteiger partial charge on any atom is 0.290 e. The van der Waals surface area contributed by atoms with Crippen LogP contribution in [0, 0.1) is 0 Å². The van der Waals surface area contributed by atoms with Gasteiger partial charge in [-0.05, 0) is 56.9 Å². The van der Waals surface area contributed by atoms with E-state index >= 15 is 0 Å². The first-order valence-corrected chi connectivity index (χ1v) is 9.42. The monoisotopic (exact) mass is 432 g/mol. The minimum Gasteiger partial charge on any atom is -0.503 e. The van der Waals surface area contributed by atoms with Crippen molar-refractivity contribution in [1.29, 1.82) is 0 Å². The Hall–Kier alpha value is -2.38. The third kappa shape index (κ3) is 3.99. The van der Waals surface area contributed by atoms with Gasteiger partial charge in [-0.1, -0.05) is 28.1 Å². The summed E-state index contributed by atoms with van der Waals surface area (Å²) in [7, 11) is 3.92. The lowest BCUT2D eigenvalue weighted by atomic mass is 9.95. The summed E-state index contributed by atoms with van der Waals surface area (Å²) in [6.07, 6.45) is 2.11. The predicted molar refractivity (Wildman–Crippen MR) is 104 cm³/mol. The topological polar surface area (TPSA) is 74.0 Å². The normalized spacial score (nSPS) is 17.3. The van der Waals surface area contributed by atoms with Crippen molar-refractivity contribution in [3.63, 3.8) is 0 Å². The Labute approximate surface area is 166 Å².